The Morgan fingerprint density at radius 2 is 2.05 bits per heavy atom. The van der Waals surface area contributed by atoms with Crippen molar-refractivity contribution >= 4 is 11.0 Å². The van der Waals surface area contributed by atoms with Crippen molar-refractivity contribution in [3.63, 3.8) is 0 Å². The maximum absolute atomic E-state index is 4.45. The number of aromatic nitrogens is 2. The van der Waals surface area contributed by atoms with Crippen LogP contribution in [0, 0.1) is 5.92 Å². The third kappa shape index (κ3) is 3.65. The van der Waals surface area contributed by atoms with E-state index in [1.807, 2.05) is 12.4 Å². The quantitative estimate of drug-likeness (QED) is 0.813. The maximum Gasteiger partial charge on any atom is 0.0958 e. The van der Waals surface area contributed by atoms with E-state index in [-0.39, 0.29) is 0 Å². The number of rotatable bonds is 6. The summed E-state index contributed by atoms with van der Waals surface area (Å²) in [4.78, 5) is 4.45. The van der Waals surface area contributed by atoms with Gasteiger partial charge in [-0.05, 0) is 50.8 Å². The van der Waals surface area contributed by atoms with Crippen molar-refractivity contribution in [1.29, 1.82) is 0 Å². The van der Waals surface area contributed by atoms with Crippen molar-refractivity contribution in [1.82, 2.24) is 14.9 Å². The number of nitrogens with zero attached hydrogens (tertiary/aromatic N) is 2. The highest BCUT2D eigenvalue weighted by atomic mass is 15.0. The number of para-hydroxylation sites is 2. The number of fused-ring (bicyclic) bond motifs is 1. The number of nitrogens with one attached hydrogen (secondary N) is 1. The van der Waals surface area contributed by atoms with Crippen molar-refractivity contribution < 1.29 is 0 Å². The van der Waals surface area contributed by atoms with Gasteiger partial charge in [0.15, 0.2) is 0 Å². The Morgan fingerprint density at radius 1 is 1.24 bits per heavy atom. The van der Waals surface area contributed by atoms with Crippen LogP contribution in [0.25, 0.3) is 11.0 Å². The van der Waals surface area contributed by atoms with Gasteiger partial charge in [0.1, 0.15) is 0 Å². The number of hydrogen-bond donors (Lipinski definition) is 1. The first-order valence-electron chi connectivity index (χ1n) is 8.48. The lowest BCUT2D eigenvalue weighted by atomic mass is 9.84. The van der Waals surface area contributed by atoms with Crippen LogP contribution in [-0.2, 0) is 6.54 Å². The minimum Gasteiger partial charge on any atom is -0.331 e. The van der Waals surface area contributed by atoms with Crippen LogP contribution in [0.1, 0.15) is 45.4 Å². The first kappa shape index (κ1) is 14.6. The number of hydrogen-bond acceptors (Lipinski definition) is 2. The zero-order valence-electron chi connectivity index (χ0n) is 13.1. The highest BCUT2D eigenvalue weighted by molar-refractivity contribution is 5.74. The summed E-state index contributed by atoms with van der Waals surface area (Å²) in [5.41, 5.74) is 2.35. The van der Waals surface area contributed by atoms with E-state index in [1.54, 1.807) is 0 Å². The van der Waals surface area contributed by atoms with E-state index in [0.29, 0.717) is 6.04 Å². The second-order valence-electron chi connectivity index (χ2n) is 6.42. The molecule has 0 spiro atoms. The van der Waals surface area contributed by atoms with E-state index in [9.17, 15) is 0 Å². The average molecular weight is 285 g/mol. The first-order valence-corrected chi connectivity index (χ1v) is 8.48. The summed E-state index contributed by atoms with van der Waals surface area (Å²) in [7, 11) is 0. The molecule has 3 nitrogen and oxygen atoms in total. The van der Waals surface area contributed by atoms with Gasteiger partial charge in [0.2, 0.25) is 0 Å². The summed E-state index contributed by atoms with van der Waals surface area (Å²) in [6.45, 7) is 4.51. The van der Waals surface area contributed by atoms with E-state index in [2.05, 4.69) is 40.0 Å². The Bertz CT molecular complexity index is 554. The van der Waals surface area contributed by atoms with Crippen LogP contribution >= 0.6 is 0 Å². The Kier molecular flexibility index (Phi) is 4.91. The van der Waals surface area contributed by atoms with E-state index in [1.165, 1.54) is 37.6 Å². The molecule has 1 aromatic heterocycles. The lowest BCUT2D eigenvalue weighted by Gasteiger charge is -2.28. The minimum absolute atomic E-state index is 0.671. The van der Waals surface area contributed by atoms with Gasteiger partial charge in [0.25, 0.3) is 0 Å². The van der Waals surface area contributed by atoms with Gasteiger partial charge in [-0.2, -0.15) is 0 Å². The van der Waals surface area contributed by atoms with Crippen molar-refractivity contribution in [2.45, 2.75) is 58.0 Å². The van der Waals surface area contributed by atoms with Crippen LogP contribution in [0.5, 0.6) is 0 Å². The molecule has 1 atom stereocenters. The SMILES string of the molecule is CC(NCCCn1cnc2ccccc21)C1CCCCC1. The van der Waals surface area contributed by atoms with Crippen molar-refractivity contribution in [3.05, 3.63) is 30.6 Å². The fourth-order valence-electron chi connectivity index (χ4n) is 3.57. The Balaban J connectivity index is 1.43. The fourth-order valence-corrected chi connectivity index (χ4v) is 3.57. The molecule has 1 heterocycles. The molecule has 2 aromatic rings. The van der Waals surface area contributed by atoms with Crippen LogP contribution < -0.4 is 5.32 Å². The standard InChI is InChI=1S/C18H27N3/c1-15(16-8-3-2-4-9-16)19-12-7-13-21-14-20-17-10-5-6-11-18(17)21/h5-6,10-11,14-16,19H,2-4,7-9,12-13H2,1H3. The van der Waals surface area contributed by atoms with E-state index in [4.69, 9.17) is 0 Å². The van der Waals surface area contributed by atoms with Gasteiger partial charge in [-0.1, -0.05) is 31.4 Å². The molecule has 1 N–H and O–H groups in total. The fraction of sp³-hybridized carbons (Fsp3) is 0.611. The zero-order valence-corrected chi connectivity index (χ0v) is 13.1. The van der Waals surface area contributed by atoms with Crippen LogP contribution in [0.3, 0.4) is 0 Å². The molecule has 1 unspecified atom stereocenters. The van der Waals surface area contributed by atoms with Gasteiger partial charge in [-0.15, -0.1) is 0 Å². The Hall–Kier alpha value is -1.35. The Labute approximate surface area is 127 Å². The van der Waals surface area contributed by atoms with Crippen molar-refractivity contribution in [3.8, 4) is 0 Å². The molecule has 0 bridgehead atoms. The molecule has 0 saturated heterocycles. The van der Waals surface area contributed by atoms with Crippen LogP contribution in [0.2, 0.25) is 0 Å². The first-order chi connectivity index (χ1) is 10.3. The molecule has 114 valence electrons. The molecule has 3 rings (SSSR count). The molecule has 0 aliphatic heterocycles. The van der Waals surface area contributed by atoms with Gasteiger partial charge in [0.05, 0.1) is 17.4 Å². The topological polar surface area (TPSA) is 29.9 Å². The summed E-state index contributed by atoms with van der Waals surface area (Å²) in [5.74, 6) is 0.896. The molecule has 0 radical (unpaired) electrons. The van der Waals surface area contributed by atoms with Crippen molar-refractivity contribution in [2.24, 2.45) is 5.92 Å². The van der Waals surface area contributed by atoms with E-state index < -0.39 is 0 Å². The minimum atomic E-state index is 0.671. The average Bonchev–Trinajstić information content (AvgIpc) is 2.95. The van der Waals surface area contributed by atoms with Gasteiger partial charge >= 0.3 is 0 Å². The molecule has 0 amide bonds. The van der Waals surface area contributed by atoms with Gasteiger partial charge in [-0.25, -0.2) is 4.98 Å². The largest absolute Gasteiger partial charge is 0.331 e. The molecular weight excluding hydrogens is 258 g/mol. The molecule has 1 saturated carbocycles. The molecule has 21 heavy (non-hydrogen) atoms. The second kappa shape index (κ2) is 7.08. The zero-order chi connectivity index (χ0) is 14.5. The number of imidazole rings is 1. The smallest absolute Gasteiger partial charge is 0.0958 e. The van der Waals surface area contributed by atoms with E-state index >= 15 is 0 Å². The van der Waals surface area contributed by atoms with Gasteiger partial charge < -0.3 is 9.88 Å². The summed E-state index contributed by atoms with van der Waals surface area (Å²) >= 11 is 0. The predicted molar refractivity (Wildman–Crippen MR) is 88.4 cm³/mol. The van der Waals surface area contributed by atoms with Crippen molar-refractivity contribution in [2.75, 3.05) is 6.54 Å². The molecule has 1 fully saturated rings. The second-order valence-corrected chi connectivity index (χ2v) is 6.42. The lowest BCUT2D eigenvalue weighted by molar-refractivity contribution is 0.280. The van der Waals surface area contributed by atoms with Crippen LogP contribution in [0.15, 0.2) is 30.6 Å². The van der Waals surface area contributed by atoms with E-state index in [0.717, 1.165) is 30.9 Å². The highest BCUT2D eigenvalue weighted by Crippen LogP contribution is 2.26. The summed E-state index contributed by atoms with van der Waals surface area (Å²) < 4.78 is 2.27. The molecule has 1 aliphatic rings. The third-order valence-electron chi connectivity index (χ3n) is 4.93. The van der Waals surface area contributed by atoms with Crippen LogP contribution in [-0.4, -0.2) is 22.1 Å². The summed E-state index contributed by atoms with van der Waals surface area (Å²) in [5, 5.41) is 3.73. The number of aryl methyl sites for hydroxylation is 1. The monoisotopic (exact) mass is 285 g/mol. The van der Waals surface area contributed by atoms with Gasteiger partial charge in [0, 0.05) is 12.6 Å². The maximum atomic E-state index is 4.45. The third-order valence-corrected chi connectivity index (χ3v) is 4.93. The molecule has 3 heteroatoms. The predicted octanol–water partition coefficient (Wildman–Crippen LogP) is 3.98. The lowest BCUT2D eigenvalue weighted by Crippen LogP contribution is -2.35. The normalized spacial score (nSPS) is 18.1. The highest BCUT2D eigenvalue weighted by Gasteiger charge is 2.19. The summed E-state index contributed by atoms with van der Waals surface area (Å²) in [6.07, 6.45) is 10.3. The Morgan fingerprint density at radius 3 is 2.90 bits per heavy atom. The molecule has 1 aliphatic carbocycles. The van der Waals surface area contributed by atoms with Crippen LogP contribution in [0.4, 0.5) is 0 Å². The molecular formula is C18H27N3. The summed E-state index contributed by atoms with van der Waals surface area (Å²) in [6, 6.07) is 9.04. The number of benzene rings is 1. The molecule has 1 aromatic carbocycles. The van der Waals surface area contributed by atoms with Gasteiger partial charge in [-0.3, -0.25) is 0 Å².